The summed E-state index contributed by atoms with van der Waals surface area (Å²) in [5.74, 6) is 0.753. The van der Waals surface area contributed by atoms with Crippen molar-refractivity contribution in [1.82, 2.24) is 19.4 Å². The molecule has 26 heavy (non-hydrogen) atoms. The Balaban J connectivity index is 1.56. The molecule has 0 amide bonds. The van der Waals surface area contributed by atoms with Gasteiger partial charge in [0.2, 0.25) is 0 Å². The first kappa shape index (κ1) is 16.9. The zero-order valence-corrected chi connectivity index (χ0v) is 15.3. The van der Waals surface area contributed by atoms with Crippen molar-refractivity contribution in [3.8, 4) is 0 Å². The van der Waals surface area contributed by atoms with E-state index in [1.54, 1.807) is 11.8 Å². The van der Waals surface area contributed by atoms with E-state index < -0.39 is 0 Å². The molecule has 2 aromatic carbocycles. The van der Waals surface area contributed by atoms with Gasteiger partial charge in [0, 0.05) is 10.8 Å². The molecule has 0 saturated heterocycles. The highest BCUT2D eigenvalue weighted by molar-refractivity contribution is 7.98. The Bertz CT molecular complexity index is 1090. The lowest BCUT2D eigenvalue weighted by Gasteiger charge is -2.01. The molecule has 5 nitrogen and oxygen atoms in total. The summed E-state index contributed by atoms with van der Waals surface area (Å²) in [6.45, 7) is 0.427. The van der Waals surface area contributed by atoms with Crippen molar-refractivity contribution in [3.63, 3.8) is 0 Å². The minimum absolute atomic E-state index is 0.238. The molecule has 4 rings (SSSR count). The molecule has 0 bridgehead atoms. The SMILES string of the molecule is O=c1n(Cc2ccccc2)nc2ccc(SCc3ccc(Cl)cc3)nn12. The van der Waals surface area contributed by atoms with Gasteiger partial charge in [-0.2, -0.15) is 9.61 Å². The number of nitrogens with zero attached hydrogens (tertiary/aromatic N) is 4. The van der Waals surface area contributed by atoms with Crippen LogP contribution in [-0.4, -0.2) is 19.4 Å². The number of rotatable bonds is 5. The molecule has 0 atom stereocenters. The molecule has 130 valence electrons. The molecule has 2 heterocycles. The summed E-state index contributed by atoms with van der Waals surface area (Å²) in [5, 5.41) is 10.3. The quantitative estimate of drug-likeness (QED) is 0.491. The third-order valence-electron chi connectivity index (χ3n) is 3.89. The average molecular weight is 383 g/mol. The van der Waals surface area contributed by atoms with Crippen LogP contribution in [0.2, 0.25) is 5.02 Å². The summed E-state index contributed by atoms with van der Waals surface area (Å²) in [4.78, 5) is 12.6. The molecule has 0 unspecified atom stereocenters. The number of hydrogen-bond acceptors (Lipinski definition) is 4. The fourth-order valence-electron chi connectivity index (χ4n) is 2.57. The minimum atomic E-state index is -0.238. The molecule has 0 spiro atoms. The van der Waals surface area contributed by atoms with Gasteiger partial charge < -0.3 is 0 Å². The van der Waals surface area contributed by atoms with E-state index in [4.69, 9.17) is 11.6 Å². The van der Waals surface area contributed by atoms with Gasteiger partial charge in [-0.3, -0.25) is 0 Å². The van der Waals surface area contributed by atoms with Crippen LogP contribution < -0.4 is 5.69 Å². The number of halogens is 1. The number of aromatic nitrogens is 4. The van der Waals surface area contributed by atoms with Crippen molar-refractivity contribution in [2.45, 2.75) is 17.3 Å². The molecule has 7 heteroatoms. The van der Waals surface area contributed by atoms with Gasteiger partial charge in [-0.15, -0.1) is 5.10 Å². The largest absolute Gasteiger partial charge is 0.367 e. The van der Waals surface area contributed by atoms with Gasteiger partial charge in [-0.1, -0.05) is 65.8 Å². The molecule has 0 fully saturated rings. The second-order valence-corrected chi connectivity index (χ2v) is 7.21. The molecular weight excluding hydrogens is 368 g/mol. The molecule has 0 aliphatic carbocycles. The number of benzene rings is 2. The summed E-state index contributed by atoms with van der Waals surface area (Å²) < 4.78 is 2.79. The molecule has 0 saturated carbocycles. The Morgan fingerprint density at radius 3 is 2.42 bits per heavy atom. The monoisotopic (exact) mass is 382 g/mol. The second kappa shape index (κ2) is 7.35. The lowest BCUT2D eigenvalue weighted by atomic mass is 10.2. The molecule has 2 aromatic heterocycles. The standard InChI is InChI=1S/C19H15ClN4OS/c20-16-8-6-15(7-9-16)13-26-18-11-10-17-21-23(19(25)24(17)22-18)12-14-4-2-1-3-5-14/h1-11H,12-13H2. The summed E-state index contributed by atoms with van der Waals surface area (Å²) in [5.41, 5.74) is 2.48. The van der Waals surface area contributed by atoms with Crippen molar-refractivity contribution >= 4 is 29.0 Å². The third kappa shape index (κ3) is 3.66. The van der Waals surface area contributed by atoms with Crippen molar-refractivity contribution < 1.29 is 0 Å². The van der Waals surface area contributed by atoms with Crippen LogP contribution in [0.5, 0.6) is 0 Å². The van der Waals surface area contributed by atoms with Gasteiger partial charge >= 0.3 is 5.69 Å². The summed E-state index contributed by atoms with van der Waals surface area (Å²) >= 11 is 7.47. The molecule has 0 radical (unpaired) electrons. The van der Waals surface area contributed by atoms with Crippen LogP contribution in [0.25, 0.3) is 5.65 Å². The van der Waals surface area contributed by atoms with Crippen LogP contribution in [0.3, 0.4) is 0 Å². The zero-order chi connectivity index (χ0) is 17.9. The van der Waals surface area contributed by atoms with Crippen molar-refractivity contribution in [3.05, 3.63) is 93.4 Å². The smallest absolute Gasteiger partial charge is 0.244 e. The molecule has 0 N–H and O–H groups in total. The van der Waals surface area contributed by atoms with E-state index in [1.807, 2.05) is 66.7 Å². The second-order valence-electron chi connectivity index (χ2n) is 5.78. The highest BCUT2D eigenvalue weighted by atomic mass is 35.5. The van der Waals surface area contributed by atoms with Gasteiger partial charge in [0.1, 0.15) is 5.03 Å². The van der Waals surface area contributed by atoms with E-state index in [2.05, 4.69) is 10.2 Å². The topological polar surface area (TPSA) is 52.2 Å². The van der Waals surface area contributed by atoms with E-state index in [1.165, 1.54) is 9.20 Å². The van der Waals surface area contributed by atoms with E-state index in [0.29, 0.717) is 12.2 Å². The van der Waals surface area contributed by atoms with Crippen LogP contribution in [0.1, 0.15) is 11.1 Å². The molecular formula is C19H15ClN4OS. The maximum Gasteiger partial charge on any atom is 0.367 e. The van der Waals surface area contributed by atoms with Crippen molar-refractivity contribution in [2.75, 3.05) is 0 Å². The Kier molecular flexibility index (Phi) is 4.77. The summed E-state index contributed by atoms with van der Waals surface area (Å²) in [7, 11) is 0. The van der Waals surface area contributed by atoms with Crippen LogP contribution in [0.4, 0.5) is 0 Å². The first-order valence-corrected chi connectivity index (χ1v) is 9.43. The zero-order valence-electron chi connectivity index (χ0n) is 13.7. The van der Waals surface area contributed by atoms with Crippen molar-refractivity contribution in [1.29, 1.82) is 0 Å². The Morgan fingerprint density at radius 1 is 0.885 bits per heavy atom. The van der Waals surface area contributed by atoms with Gasteiger partial charge in [-0.05, 0) is 35.4 Å². The van der Waals surface area contributed by atoms with Crippen LogP contribution >= 0.6 is 23.4 Å². The Morgan fingerprint density at radius 2 is 1.65 bits per heavy atom. The van der Waals surface area contributed by atoms with Crippen molar-refractivity contribution in [2.24, 2.45) is 0 Å². The predicted molar refractivity (Wildman–Crippen MR) is 104 cm³/mol. The van der Waals surface area contributed by atoms with E-state index in [0.717, 1.165) is 26.9 Å². The van der Waals surface area contributed by atoms with Gasteiger partial charge in [-0.25, -0.2) is 9.48 Å². The fourth-order valence-corrected chi connectivity index (χ4v) is 3.50. The normalized spacial score (nSPS) is 11.1. The molecule has 0 aliphatic rings. The Labute approximate surface area is 159 Å². The third-order valence-corrected chi connectivity index (χ3v) is 5.13. The highest BCUT2D eigenvalue weighted by Gasteiger charge is 2.09. The van der Waals surface area contributed by atoms with E-state index >= 15 is 0 Å². The number of fused-ring (bicyclic) bond motifs is 1. The lowest BCUT2D eigenvalue weighted by molar-refractivity contribution is 0.647. The average Bonchev–Trinajstić information content (AvgIpc) is 2.97. The maximum absolute atomic E-state index is 12.6. The minimum Gasteiger partial charge on any atom is -0.244 e. The van der Waals surface area contributed by atoms with Crippen LogP contribution in [-0.2, 0) is 12.3 Å². The first-order chi connectivity index (χ1) is 12.7. The highest BCUT2D eigenvalue weighted by Crippen LogP contribution is 2.21. The van der Waals surface area contributed by atoms with Gasteiger partial charge in [0.25, 0.3) is 0 Å². The number of thioether (sulfide) groups is 1. The summed E-state index contributed by atoms with van der Waals surface area (Å²) in [6, 6.07) is 21.2. The summed E-state index contributed by atoms with van der Waals surface area (Å²) in [6.07, 6.45) is 0. The lowest BCUT2D eigenvalue weighted by Crippen LogP contribution is -2.23. The molecule has 4 aromatic rings. The Hall–Kier alpha value is -2.57. The van der Waals surface area contributed by atoms with Gasteiger partial charge in [0.15, 0.2) is 5.65 Å². The van der Waals surface area contributed by atoms with E-state index in [-0.39, 0.29) is 5.69 Å². The van der Waals surface area contributed by atoms with Crippen LogP contribution in [0.15, 0.2) is 76.6 Å². The number of hydrogen-bond donors (Lipinski definition) is 0. The predicted octanol–water partition coefficient (Wildman–Crippen LogP) is 3.89. The molecule has 0 aliphatic heterocycles. The fraction of sp³-hybridized carbons (Fsp3) is 0.105. The van der Waals surface area contributed by atoms with E-state index in [9.17, 15) is 4.79 Å². The van der Waals surface area contributed by atoms with Crippen LogP contribution in [0, 0.1) is 0 Å². The first-order valence-electron chi connectivity index (χ1n) is 8.07. The maximum atomic E-state index is 12.6. The van der Waals surface area contributed by atoms with Gasteiger partial charge in [0.05, 0.1) is 6.54 Å².